The second kappa shape index (κ2) is 9.35. The second-order valence-electron chi connectivity index (χ2n) is 6.35. The molecule has 5 nitrogen and oxygen atoms in total. The van der Waals surface area contributed by atoms with Gasteiger partial charge in [-0.15, -0.1) is 0 Å². The van der Waals surface area contributed by atoms with E-state index in [1.807, 2.05) is 61.5 Å². The lowest BCUT2D eigenvalue weighted by atomic mass is 10.1. The zero-order chi connectivity index (χ0) is 19.9. The Hall–Kier alpha value is -2.89. The Labute approximate surface area is 169 Å². The Balaban J connectivity index is 1.80. The third kappa shape index (κ3) is 4.88. The maximum absolute atomic E-state index is 13.0. The van der Waals surface area contributed by atoms with Crippen LogP contribution in [0, 0.1) is 6.92 Å². The van der Waals surface area contributed by atoms with Gasteiger partial charge in [0.25, 0.3) is 0 Å². The van der Waals surface area contributed by atoms with E-state index in [2.05, 4.69) is 15.6 Å². The van der Waals surface area contributed by atoms with E-state index in [1.165, 1.54) is 0 Å². The molecule has 3 rings (SSSR count). The van der Waals surface area contributed by atoms with Gasteiger partial charge in [-0.1, -0.05) is 54.1 Å². The number of nitrogens with zero attached hydrogens (tertiary/aromatic N) is 1. The van der Waals surface area contributed by atoms with Crippen molar-refractivity contribution in [1.29, 1.82) is 0 Å². The number of ether oxygens (including phenoxy) is 1. The molecule has 2 aromatic carbocycles. The summed E-state index contributed by atoms with van der Waals surface area (Å²) in [6.07, 6.45) is 1.67. The molecule has 2 N–H and O–H groups in total. The molecule has 6 heteroatoms. The summed E-state index contributed by atoms with van der Waals surface area (Å²) in [6, 6.07) is 18.2. The van der Waals surface area contributed by atoms with E-state index in [9.17, 15) is 4.79 Å². The monoisotopic (exact) mass is 395 g/mol. The van der Waals surface area contributed by atoms with E-state index in [-0.39, 0.29) is 5.91 Å². The Bertz CT molecular complexity index is 948. The van der Waals surface area contributed by atoms with Crippen molar-refractivity contribution in [2.24, 2.45) is 0 Å². The van der Waals surface area contributed by atoms with Crippen LogP contribution in [0.4, 0.5) is 5.69 Å². The highest BCUT2D eigenvalue weighted by Crippen LogP contribution is 2.23. The van der Waals surface area contributed by atoms with Gasteiger partial charge in [0.2, 0.25) is 11.8 Å². The van der Waals surface area contributed by atoms with Gasteiger partial charge in [-0.2, -0.15) is 0 Å². The smallest absolute Gasteiger partial charge is 0.246 e. The number of hydrogen-bond acceptors (Lipinski definition) is 4. The van der Waals surface area contributed by atoms with E-state index in [0.29, 0.717) is 23.1 Å². The van der Waals surface area contributed by atoms with Crippen molar-refractivity contribution in [3.63, 3.8) is 0 Å². The van der Waals surface area contributed by atoms with Crippen LogP contribution in [0.3, 0.4) is 0 Å². The minimum atomic E-state index is -0.550. The molecule has 28 heavy (non-hydrogen) atoms. The molecule has 1 atom stereocenters. The lowest BCUT2D eigenvalue weighted by Gasteiger charge is -2.20. The lowest BCUT2D eigenvalue weighted by Crippen LogP contribution is -2.32. The van der Waals surface area contributed by atoms with Crippen LogP contribution in [0.2, 0.25) is 5.02 Å². The number of carbonyl (C=O) groups excluding carboxylic acids is 1. The SMILES string of the molecule is COc1ncccc1CNC(C(=O)Nc1ccc(C)c(Cl)c1)c1ccccc1. The second-order valence-corrected chi connectivity index (χ2v) is 6.76. The maximum atomic E-state index is 13.0. The highest BCUT2D eigenvalue weighted by molar-refractivity contribution is 6.31. The first-order valence-corrected chi connectivity index (χ1v) is 9.29. The summed E-state index contributed by atoms with van der Waals surface area (Å²) >= 11 is 6.18. The third-order valence-corrected chi connectivity index (χ3v) is 4.78. The average molecular weight is 396 g/mol. The number of pyridine rings is 1. The van der Waals surface area contributed by atoms with E-state index >= 15 is 0 Å². The number of benzene rings is 2. The number of amides is 1. The van der Waals surface area contributed by atoms with Gasteiger partial charge in [0.05, 0.1) is 7.11 Å². The number of halogens is 1. The van der Waals surface area contributed by atoms with Crippen LogP contribution in [0.25, 0.3) is 0 Å². The number of anilines is 1. The molecule has 0 saturated carbocycles. The Kier molecular flexibility index (Phi) is 6.63. The fourth-order valence-electron chi connectivity index (χ4n) is 2.85. The first kappa shape index (κ1) is 19.9. The van der Waals surface area contributed by atoms with E-state index < -0.39 is 6.04 Å². The van der Waals surface area contributed by atoms with Gasteiger partial charge in [-0.25, -0.2) is 4.98 Å². The Morgan fingerprint density at radius 1 is 1.14 bits per heavy atom. The molecular formula is C22H22ClN3O2. The zero-order valence-corrected chi connectivity index (χ0v) is 16.5. The summed E-state index contributed by atoms with van der Waals surface area (Å²) in [7, 11) is 1.58. The van der Waals surface area contributed by atoms with E-state index in [1.54, 1.807) is 19.4 Å². The lowest BCUT2D eigenvalue weighted by molar-refractivity contribution is -0.118. The number of nitrogens with one attached hydrogen (secondary N) is 2. The third-order valence-electron chi connectivity index (χ3n) is 4.37. The van der Waals surface area contributed by atoms with Crippen molar-refractivity contribution in [1.82, 2.24) is 10.3 Å². The molecule has 0 bridgehead atoms. The van der Waals surface area contributed by atoms with Crippen LogP contribution in [0.15, 0.2) is 66.9 Å². The molecule has 0 spiro atoms. The number of methoxy groups -OCH3 is 1. The highest BCUT2D eigenvalue weighted by Gasteiger charge is 2.21. The normalized spacial score (nSPS) is 11.7. The van der Waals surface area contributed by atoms with Gasteiger partial charge in [-0.3, -0.25) is 10.1 Å². The van der Waals surface area contributed by atoms with Crippen molar-refractivity contribution in [3.8, 4) is 5.88 Å². The summed E-state index contributed by atoms with van der Waals surface area (Å²) < 4.78 is 5.30. The number of carbonyl (C=O) groups is 1. The first-order valence-electron chi connectivity index (χ1n) is 8.91. The van der Waals surface area contributed by atoms with Gasteiger partial charge >= 0.3 is 0 Å². The maximum Gasteiger partial charge on any atom is 0.246 e. The summed E-state index contributed by atoms with van der Waals surface area (Å²) in [6.45, 7) is 2.35. The van der Waals surface area contributed by atoms with Crippen LogP contribution in [-0.4, -0.2) is 18.0 Å². The summed E-state index contributed by atoms with van der Waals surface area (Å²) in [5.41, 5.74) is 3.35. The molecule has 1 heterocycles. The van der Waals surface area contributed by atoms with Crippen molar-refractivity contribution in [3.05, 3.63) is 88.6 Å². The van der Waals surface area contributed by atoms with Crippen LogP contribution in [0.1, 0.15) is 22.7 Å². The summed E-state index contributed by atoms with van der Waals surface area (Å²) in [4.78, 5) is 17.2. The van der Waals surface area contributed by atoms with Crippen molar-refractivity contribution in [2.75, 3.05) is 12.4 Å². The molecule has 3 aromatic rings. The van der Waals surface area contributed by atoms with Crippen molar-refractivity contribution >= 4 is 23.2 Å². The topological polar surface area (TPSA) is 63.2 Å². The molecule has 0 aliphatic heterocycles. The fourth-order valence-corrected chi connectivity index (χ4v) is 3.03. The first-order chi connectivity index (χ1) is 13.6. The Morgan fingerprint density at radius 3 is 2.64 bits per heavy atom. The van der Waals surface area contributed by atoms with E-state index in [0.717, 1.165) is 16.7 Å². The zero-order valence-electron chi connectivity index (χ0n) is 15.8. The fraction of sp³-hybridized carbons (Fsp3) is 0.182. The summed E-state index contributed by atoms with van der Waals surface area (Å²) in [5.74, 6) is 0.363. The van der Waals surface area contributed by atoms with Gasteiger partial charge in [0.15, 0.2) is 0 Å². The molecule has 0 fully saturated rings. The highest BCUT2D eigenvalue weighted by atomic mass is 35.5. The van der Waals surface area contributed by atoms with Crippen LogP contribution in [0.5, 0.6) is 5.88 Å². The van der Waals surface area contributed by atoms with Gasteiger partial charge < -0.3 is 10.1 Å². The minimum Gasteiger partial charge on any atom is -0.481 e. The van der Waals surface area contributed by atoms with Gasteiger partial charge in [-0.05, 0) is 36.2 Å². The van der Waals surface area contributed by atoms with E-state index in [4.69, 9.17) is 16.3 Å². The number of rotatable bonds is 7. The quantitative estimate of drug-likeness (QED) is 0.617. The van der Waals surface area contributed by atoms with Gasteiger partial charge in [0.1, 0.15) is 6.04 Å². The average Bonchev–Trinajstić information content (AvgIpc) is 2.72. The number of hydrogen-bond donors (Lipinski definition) is 2. The van der Waals surface area contributed by atoms with Gasteiger partial charge in [0, 0.05) is 29.0 Å². The molecule has 144 valence electrons. The molecule has 0 aliphatic carbocycles. The minimum absolute atomic E-state index is 0.172. The Morgan fingerprint density at radius 2 is 1.93 bits per heavy atom. The molecule has 1 aromatic heterocycles. The predicted molar refractivity (Wildman–Crippen MR) is 112 cm³/mol. The summed E-state index contributed by atoms with van der Waals surface area (Å²) in [5, 5.41) is 6.86. The van der Waals surface area contributed by atoms with Crippen LogP contribution >= 0.6 is 11.6 Å². The molecule has 0 aliphatic rings. The molecule has 0 saturated heterocycles. The largest absolute Gasteiger partial charge is 0.481 e. The molecule has 0 radical (unpaired) electrons. The molecular weight excluding hydrogens is 374 g/mol. The molecule has 1 unspecified atom stereocenters. The van der Waals surface area contributed by atoms with Crippen LogP contribution < -0.4 is 15.4 Å². The van der Waals surface area contributed by atoms with Crippen LogP contribution in [-0.2, 0) is 11.3 Å². The standard InChI is InChI=1S/C22H22ClN3O2/c1-15-10-11-18(13-19(15)23)26-21(27)20(16-7-4-3-5-8-16)25-14-17-9-6-12-24-22(17)28-2/h3-13,20,25H,14H2,1-2H3,(H,26,27). The number of aromatic nitrogens is 1. The molecule has 1 amide bonds. The van der Waals surface area contributed by atoms with Crippen molar-refractivity contribution in [2.45, 2.75) is 19.5 Å². The van der Waals surface area contributed by atoms with Crippen molar-refractivity contribution < 1.29 is 9.53 Å². The predicted octanol–water partition coefficient (Wildman–Crippen LogP) is 4.52. The number of aryl methyl sites for hydroxylation is 1.